The first kappa shape index (κ1) is 28.8. The van der Waals surface area contributed by atoms with Gasteiger partial charge in [-0.2, -0.15) is 0 Å². The van der Waals surface area contributed by atoms with Gasteiger partial charge in [-0.15, -0.1) is 0 Å². The molecule has 0 N–H and O–H groups in total. The van der Waals surface area contributed by atoms with E-state index in [0.29, 0.717) is 13.2 Å². The second-order valence-electron chi connectivity index (χ2n) is 13.7. The van der Waals surface area contributed by atoms with Crippen LogP contribution in [-0.4, -0.2) is 16.6 Å². The molecule has 0 fully saturated rings. The van der Waals surface area contributed by atoms with Gasteiger partial charge in [-0.1, -0.05) is 114 Å². The minimum absolute atomic E-state index is 0.158. The van der Waals surface area contributed by atoms with E-state index >= 15 is 0 Å². The van der Waals surface area contributed by atoms with E-state index in [1.807, 2.05) is 0 Å². The zero-order chi connectivity index (χ0) is 27.9. The van der Waals surface area contributed by atoms with Crippen LogP contribution in [0.3, 0.4) is 0 Å². The minimum Gasteiger partial charge on any atom is -0.413 e. The summed E-state index contributed by atoms with van der Waals surface area (Å²) in [5.41, 5.74) is 5.07. The Morgan fingerprint density at radius 2 is 0.842 bits per heavy atom. The molecule has 0 aliphatic heterocycles. The van der Waals surface area contributed by atoms with Crippen LogP contribution in [0.25, 0.3) is 32.7 Å². The summed E-state index contributed by atoms with van der Waals surface area (Å²) in [6.45, 7) is 24.4. The van der Waals surface area contributed by atoms with E-state index in [-0.39, 0.29) is 10.1 Å². The predicted molar refractivity (Wildman–Crippen MR) is 171 cm³/mol. The predicted octanol–water partition coefficient (Wildman–Crippen LogP) is 10.7. The molecule has 202 valence electrons. The van der Waals surface area contributed by atoms with Gasteiger partial charge in [0.1, 0.15) is 0 Å². The Hall–Kier alpha value is -2.25. The molecule has 0 bridgehead atoms. The molecule has 2 nitrogen and oxygen atoms in total. The highest BCUT2D eigenvalue weighted by atomic mass is 28.4. The minimum atomic E-state index is -1.93. The van der Waals surface area contributed by atoms with Crippen LogP contribution in [0.4, 0.5) is 0 Å². The Morgan fingerprint density at radius 1 is 0.500 bits per heavy atom. The van der Waals surface area contributed by atoms with Crippen LogP contribution in [0.2, 0.25) is 36.3 Å². The molecule has 0 aliphatic rings. The van der Waals surface area contributed by atoms with Gasteiger partial charge >= 0.3 is 0 Å². The molecule has 0 atom stereocenters. The molecule has 4 rings (SSSR count). The highest BCUT2D eigenvalue weighted by molar-refractivity contribution is 6.74. The molecule has 0 aromatic heterocycles. The molecule has 4 aromatic rings. The van der Waals surface area contributed by atoms with Gasteiger partial charge < -0.3 is 8.85 Å². The van der Waals surface area contributed by atoms with Crippen LogP contribution in [0.1, 0.15) is 52.7 Å². The third-order valence-electron chi connectivity index (χ3n) is 9.07. The monoisotopic (exact) mass is 542 g/mol. The van der Waals surface area contributed by atoms with Crippen molar-refractivity contribution in [3.63, 3.8) is 0 Å². The fraction of sp³-hybridized carbons (Fsp3) is 0.412. The van der Waals surface area contributed by atoms with Gasteiger partial charge in [0, 0.05) is 0 Å². The highest BCUT2D eigenvalue weighted by Gasteiger charge is 2.38. The largest absolute Gasteiger partial charge is 0.413 e. The summed E-state index contributed by atoms with van der Waals surface area (Å²) in [7, 11) is -3.85. The Bertz CT molecular complexity index is 1330. The van der Waals surface area contributed by atoms with E-state index in [4.69, 9.17) is 8.85 Å². The van der Waals surface area contributed by atoms with Gasteiger partial charge in [-0.05, 0) is 80.1 Å². The smallest absolute Gasteiger partial charge is 0.192 e. The maximum absolute atomic E-state index is 6.82. The summed E-state index contributed by atoms with van der Waals surface area (Å²) in [4.78, 5) is 0. The van der Waals surface area contributed by atoms with Gasteiger partial charge in [-0.25, -0.2) is 0 Å². The Morgan fingerprint density at radius 3 is 1.18 bits per heavy atom. The maximum Gasteiger partial charge on any atom is 0.192 e. The summed E-state index contributed by atoms with van der Waals surface area (Å²) in [5, 5.41) is 5.37. The Kier molecular flexibility index (Phi) is 7.86. The molecule has 0 amide bonds. The summed E-state index contributed by atoms with van der Waals surface area (Å²) in [5.74, 6) is 0. The van der Waals surface area contributed by atoms with Crippen molar-refractivity contribution in [2.24, 2.45) is 0 Å². The second-order valence-corrected chi connectivity index (χ2v) is 23.4. The van der Waals surface area contributed by atoms with E-state index in [9.17, 15) is 0 Å². The zero-order valence-corrected chi connectivity index (χ0v) is 27.2. The second kappa shape index (κ2) is 10.4. The van der Waals surface area contributed by atoms with Gasteiger partial charge in [0.2, 0.25) is 0 Å². The molecule has 4 aromatic carbocycles. The summed E-state index contributed by atoms with van der Waals surface area (Å²) >= 11 is 0. The van der Waals surface area contributed by atoms with Crippen molar-refractivity contribution in [3.8, 4) is 11.1 Å². The van der Waals surface area contributed by atoms with Crippen LogP contribution < -0.4 is 0 Å². The number of rotatable bonds is 7. The molecule has 0 aliphatic carbocycles. The van der Waals surface area contributed by atoms with Crippen LogP contribution >= 0.6 is 0 Å². The fourth-order valence-electron chi connectivity index (χ4n) is 4.41. The van der Waals surface area contributed by atoms with E-state index in [1.54, 1.807) is 0 Å². The molecule has 4 heteroatoms. The van der Waals surface area contributed by atoms with E-state index in [2.05, 4.69) is 141 Å². The van der Waals surface area contributed by atoms with Crippen molar-refractivity contribution < 1.29 is 8.85 Å². The third-order valence-corrected chi connectivity index (χ3v) is 18.0. The lowest BCUT2D eigenvalue weighted by Gasteiger charge is -2.37. The summed E-state index contributed by atoms with van der Waals surface area (Å²) in [6.07, 6.45) is 0. The van der Waals surface area contributed by atoms with Gasteiger partial charge in [0.05, 0.1) is 13.2 Å². The molecule has 0 spiro atoms. The molecular formula is C34H46O2Si2. The van der Waals surface area contributed by atoms with E-state index in [0.717, 1.165) is 0 Å². The number of hydrogen-bond acceptors (Lipinski definition) is 2. The molecule has 38 heavy (non-hydrogen) atoms. The van der Waals surface area contributed by atoms with Crippen molar-refractivity contribution >= 4 is 38.2 Å². The number of benzene rings is 4. The normalized spacial score (nSPS) is 13.4. The van der Waals surface area contributed by atoms with Gasteiger partial charge in [0.25, 0.3) is 0 Å². The van der Waals surface area contributed by atoms with Crippen molar-refractivity contribution in [1.82, 2.24) is 0 Å². The fourth-order valence-corrected chi connectivity index (χ4v) is 6.31. The Balaban J connectivity index is 1.94. The van der Waals surface area contributed by atoms with Gasteiger partial charge in [0.15, 0.2) is 16.6 Å². The summed E-state index contributed by atoms with van der Waals surface area (Å²) < 4.78 is 13.6. The number of fused-ring (bicyclic) bond motifs is 2. The third kappa shape index (κ3) is 5.69. The number of hydrogen-bond donors (Lipinski definition) is 0. The molecule has 0 radical (unpaired) electrons. The zero-order valence-electron chi connectivity index (χ0n) is 25.2. The van der Waals surface area contributed by atoms with Crippen LogP contribution in [-0.2, 0) is 22.1 Å². The molecule has 0 saturated heterocycles. The van der Waals surface area contributed by atoms with Crippen molar-refractivity contribution in [3.05, 3.63) is 83.9 Å². The average molecular weight is 543 g/mol. The molecule has 0 heterocycles. The van der Waals surface area contributed by atoms with Crippen LogP contribution in [0.5, 0.6) is 0 Å². The molecular weight excluding hydrogens is 497 g/mol. The lowest BCUT2D eigenvalue weighted by atomic mass is 9.87. The van der Waals surface area contributed by atoms with Crippen LogP contribution in [0.15, 0.2) is 72.8 Å². The quantitative estimate of drug-likeness (QED) is 0.216. The van der Waals surface area contributed by atoms with Crippen molar-refractivity contribution in [1.29, 1.82) is 0 Å². The lowest BCUT2D eigenvalue weighted by molar-refractivity contribution is 0.275. The first-order chi connectivity index (χ1) is 17.6. The maximum atomic E-state index is 6.82. The first-order valence-corrected chi connectivity index (χ1v) is 19.7. The van der Waals surface area contributed by atoms with Crippen molar-refractivity contribution in [2.75, 3.05) is 0 Å². The average Bonchev–Trinajstić information content (AvgIpc) is 2.84. The van der Waals surface area contributed by atoms with Gasteiger partial charge in [-0.3, -0.25) is 0 Å². The first-order valence-electron chi connectivity index (χ1n) is 13.9. The highest BCUT2D eigenvalue weighted by Crippen LogP contribution is 2.43. The molecule has 0 unspecified atom stereocenters. The topological polar surface area (TPSA) is 18.5 Å². The SMILES string of the molecule is CC(C)(C)[Si](C)(C)OCc1ccc2ccccc2c1-c1c(CO[Si](C)(C)C(C)(C)C)ccc2ccccc12. The Labute approximate surface area is 232 Å². The standard InChI is InChI=1S/C34H46O2Si2/c1-33(2,3)37(7,8)35-23-27-21-19-25-15-11-13-17-29(25)31(27)32-28(24-36-38(9,10)34(4,5)6)22-20-26-16-12-14-18-30(26)32/h11-22H,23-24H2,1-10H3. The summed E-state index contributed by atoms with van der Waals surface area (Å²) in [6, 6.07) is 26.6. The van der Waals surface area contributed by atoms with E-state index < -0.39 is 16.6 Å². The van der Waals surface area contributed by atoms with Crippen LogP contribution in [0, 0.1) is 0 Å². The van der Waals surface area contributed by atoms with Crippen molar-refractivity contribution in [2.45, 2.75) is 91.0 Å². The van der Waals surface area contributed by atoms with E-state index in [1.165, 1.54) is 43.8 Å². The lowest BCUT2D eigenvalue weighted by Crippen LogP contribution is -2.40. The molecule has 0 saturated carbocycles.